The van der Waals surface area contributed by atoms with Gasteiger partial charge in [-0.25, -0.2) is 0 Å². The summed E-state index contributed by atoms with van der Waals surface area (Å²) in [6.07, 6.45) is 12.4. The maximum Gasteiger partial charge on any atom is 0.226 e. The standard InChI is InChI=1S/C20H34N2O2/c1-2-3-4-5-7-21-18(23)6-8-22-19(24)20-12-15-9-16(13-20)11-17(10-15)14-20/h15-17H,2-14H2,1H3,(H,21,23)(H,22,24). The van der Waals surface area contributed by atoms with Crippen LogP contribution in [-0.4, -0.2) is 24.9 Å². The summed E-state index contributed by atoms with van der Waals surface area (Å²) in [6, 6.07) is 0. The second kappa shape index (κ2) is 7.88. The Morgan fingerprint density at radius 2 is 1.50 bits per heavy atom. The summed E-state index contributed by atoms with van der Waals surface area (Å²) in [7, 11) is 0. The molecule has 2 amide bonds. The molecule has 0 aliphatic heterocycles. The Hall–Kier alpha value is -1.06. The lowest BCUT2D eigenvalue weighted by Gasteiger charge is -2.55. The van der Waals surface area contributed by atoms with Crippen molar-refractivity contribution < 1.29 is 9.59 Å². The number of hydrogen-bond donors (Lipinski definition) is 2. The summed E-state index contributed by atoms with van der Waals surface area (Å²) in [6.45, 7) is 3.44. The van der Waals surface area contributed by atoms with Crippen LogP contribution in [0.2, 0.25) is 0 Å². The first kappa shape index (κ1) is 17.8. The molecule has 0 spiro atoms. The van der Waals surface area contributed by atoms with E-state index in [1.54, 1.807) is 0 Å². The third-order valence-electron chi connectivity index (χ3n) is 6.51. The van der Waals surface area contributed by atoms with Crippen LogP contribution in [0.5, 0.6) is 0 Å². The number of amides is 2. The second-order valence-electron chi connectivity index (χ2n) is 8.61. The van der Waals surface area contributed by atoms with Crippen LogP contribution in [0, 0.1) is 23.2 Å². The molecular weight excluding hydrogens is 300 g/mol. The van der Waals surface area contributed by atoms with Gasteiger partial charge in [-0.15, -0.1) is 0 Å². The number of unbranched alkanes of at least 4 members (excludes halogenated alkanes) is 3. The molecule has 0 atom stereocenters. The van der Waals surface area contributed by atoms with E-state index in [0.29, 0.717) is 13.0 Å². The molecule has 4 heteroatoms. The molecule has 0 saturated heterocycles. The zero-order chi connectivity index (χ0) is 17.0. The highest BCUT2D eigenvalue weighted by Gasteiger charge is 2.54. The molecule has 4 fully saturated rings. The van der Waals surface area contributed by atoms with Gasteiger partial charge in [0, 0.05) is 24.9 Å². The first-order valence-electron chi connectivity index (χ1n) is 10.2. The average molecular weight is 335 g/mol. The molecule has 4 aliphatic carbocycles. The fraction of sp³-hybridized carbons (Fsp3) is 0.900. The van der Waals surface area contributed by atoms with E-state index in [9.17, 15) is 9.59 Å². The minimum atomic E-state index is -0.0919. The van der Waals surface area contributed by atoms with E-state index in [0.717, 1.165) is 50.0 Å². The molecule has 4 nitrogen and oxygen atoms in total. The van der Waals surface area contributed by atoms with E-state index >= 15 is 0 Å². The minimum Gasteiger partial charge on any atom is -0.356 e. The molecule has 0 aromatic heterocycles. The van der Waals surface area contributed by atoms with Crippen molar-refractivity contribution in [2.24, 2.45) is 23.2 Å². The van der Waals surface area contributed by atoms with Crippen molar-refractivity contribution in [1.29, 1.82) is 0 Å². The van der Waals surface area contributed by atoms with Gasteiger partial charge in [-0.1, -0.05) is 26.2 Å². The highest BCUT2D eigenvalue weighted by atomic mass is 16.2. The number of nitrogens with one attached hydrogen (secondary N) is 2. The van der Waals surface area contributed by atoms with E-state index in [4.69, 9.17) is 0 Å². The molecule has 4 bridgehead atoms. The van der Waals surface area contributed by atoms with Gasteiger partial charge in [-0.3, -0.25) is 9.59 Å². The lowest BCUT2D eigenvalue weighted by molar-refractivity contribution is -0.146. The summed E-state index contributed by atoms with van der Waals surface area (Å²) in [5.41, 5.74) is -0.0919. The van der Waals surface area contributed by atoms with Crippen LogP contribution in [0.1, 0.15) is 77.6 Å². The van der Waals surface area contributed by atoms with Gasteiger partial charge < -0.3 is 10.6 Å². The Bertz CT molecular complexity index is 425. The van der Waals surface area contributed by atoms with Gasteiger partial charge in [-0.2, -0.15) is 0 Å². The highest BCUT2D eigenvalue weighted by Crippen LogP contribution is 2.60. The van der Waals surface area contributed by atoms with Crippen molar-refractivity contribution in [2.45, 2.75) is 77.6 Å². The largest absolute Gasteiger partial charge is 0.356 e. The third kappa shape index (κ3) is 4.12. The van der Waals surface area contributed by atoms with Gasteiger partial charge in [0.1, 0.15) is 0 Å². The van der Waals surface area contributed by atoms with Crippen molar-refractivity contribution in [3.8, 4) is 0 Å². The molecule has 0 aromatic carbocycles. The topological polar surface area (TPSA) is 58.2 Å². The quantitative estimate of drug-likeness (QED) is 0.635. The first-order chi connectivity index (χ1) is 11.6. The predicted octanol–water partition coefficient (Wildman–Crippen LogP) is 3.41. The summed E-state index contributed by atoms with van der Waals surface area (Å²) >= 11 is 0. The van der Waals surface area contributed by atoms with Crippen LogP contribution in [0.4, 0.5) is 0 Å². The zero-order valence-electron chi connectivity index (χ0n) is 15.2. The van der Waals surface area contributed by atoms with Crippen LogP contribution in [-0.2, 0) is 9.59 Å². The number of carbonyl (C=O) groups is 2. The Labute approximate surface area is 146 Å². The van der Waals surface area contributed by atoms with E-state index in [1.807, 2.05) is 0 Å². The summed E-state index contributed by atoms with van der Waals surface area (Å²) < 4.78 is 0. The van der Waals surface area contributed by atoms with Gasteiger partial charge in [0.25, 0.3) is 0 Å². The summed E-state index contributed by atoms with van der Waals surface area (Å²) in [4.78, 5) is 24.6. The average Bonchev–Trinajstić information content (AvgIpc) is 2.53. The van der Waals surface area contributed by atoms with Crippen molar-refractivity contribution in [2.75, 3.05) is 13.1 Å². The summed E-state index contributed by atoms with van der Waals surface area (Å²) in [5, 5.41) is 6.04. The van der Waals surface area contributed by atoms with Gasteiger partial charge >= 0.3 is 0 Å². The Morgan fingerprint density at radius 1 is 0.875 bits per heavy atom. The molecule has 0 unspecified atom stereocenters. The van der Waals surface area contributed by atoms with Crippen molar-refractivity contribution in [3.63, 3.8) is 0 Å². The molecule has 24 heavy (non-hydrogen) atoms. The Balaban J connectivity index is 1.35. The summed E-state index contributed by atoms with van der Waals surface area (Å²) in [5.74, 6) is 2.66. The lowest BCUT2D eigenvalue weighted by atomic mass is 9.49. The molecule has 4 saturated carbocycles. The van der Waals surface area contributed by atoms with E-state index in [2.05, 4.69) is 17.6 Å². The molecular formula is C20H34N2O2. The molecule has 0 aromatic rings. The van der Waals surface area contributed by atoms with Gasteiger partial charge in [0.15, 0.2) is 0 Å². The Morgan fingerprint density at radius 3 is 2.08 bits per heavy atom. The fourth-order valence-electron chi connectivity index (χ4n) is 5.73. The molecule has 4 aliphatic rings. The molecule has 0 radical (unpaired) electrons. The van der Waals surface area contributed by atoms with Crippen molar-refractivity contribution in [3.05, 3.63) is 0 Å². The van der Waals surface area contributed by atoms with Crippen LogP contribution in [0.25, 0.3) is 0 Å². The SMILES string of the molecule is CCCCCCNC(=O)CCNC(=O)C12CC3CC(CC(C3)C1)C2. The van der Waals surface area contributed by atoms with Crippen LogP contribution in [0.15, 0.2) is 0 Å². The minimum absolute atomic E-state index is 0.0670. The van der Waals surface area contributed by atoms with Crippen LogP contribution in [0.3, 0.4) is 0 Å². The van der Waals surface area contributed by atoms with Gasteiger partial charge in [0.2, 0.25) is 11.8 Å². The smallest absolute Gasteiger partial charge is 0.226 e. The third-order valence-corrected chi connectivity index (χ3v) is 6.51. The number of carbonyl (C=O) groups excluding carboxylic acids is 2. The predicted molar refractivity (Wildman–Crippen MR) is 95.4 cm³/mol. The van der Waals surface area contributed by atoms with Gasteiger partial charge in [-0.05, 0) is 62.7 Å². The van der Waals surface area contributed by atoms with E-state index < -0.39 is 0 Å². The zero-order valence-corrected chi connectivity index (χ0v) is 15.2. The monoisotopic (exact) mass is 334 g/mol. The van der Waals surface area contributed by atoms with Crippen LogP contribution >= 0.6 is 0 Å². The molecule has 136 valence electrons. The second-order valence-corrected chi connectivity index (χ2v) is 8.61. The number of hydrogen-bond acceptors (Lipinski definition) is 2. The van der Waals surface area contributed by atoms with E-state index in [1.165, 1.54) is 38.5 Å². The van der Waals surface area contributed by atoms with Gasteiger partial charge in [0.05, 0.1) is 0 Å². The van der Waals surface area contributed by atoms with Crippen molar-refractivity contribution in [1.82, 2.24) is 10.6 Å². The molecule has 4 rings (SSSR count). The molecule has 0 heterocycles. The maximum absolute atomic E-state index is 12.8. The van der Waals surface area contributed by atoms with Crippen LogP contribution < -0.4 is 10.6 Å². The normalized spacial score (nSPS) is 33.5. The highest BCUT2D eigenvalue weighted by molar-refractivity contribution is 5.84. The Kier molecular flexibility index (Phi) is 5.83. The molecule has 2 N–H and O–H groups in total. The fourth-order valence-corrected chi connectivity index (χ4v) is 5.73. The number of rotatable bonds is 9. The lowest BCUT2D eigenvalue weighted by Crippen LogP contribution is -2.53. The maximum atomic E-state index is 12.8. The van der Waals surface area contributed by atoms with Crippen molar-refractivity contribution >= 4 is 11.8 Å². The van der Waals surface area contributed by atoms with E-state index in [-0.39, 0.29) is 17.2 Å². The first-order valence-corrected chi connectivity index (χ1v) is 10.2.